The molecule has 2 aromatic carbocycles. The van der Waals surface area contributed by atoms with Gasteiger partial charge >= 0.3 is 0 Å². The number of hydrogen-bond acceptors (Lipinski definition) is 7. The van der Waals surface area contributed by atoms with E-state index in [1.54, 1.807) is 36.4 Å². The zero-order valence-corrected chi connectivity index (χ0v) is 22.5. The second-order valence-electron chi connectivity index (χ2n) is 9.48. The summed E-state index contributed by atoms with van der Waals surface area (Å²) < 4.78 is 40.8. The van der Waals surface area contributed by atoms with Crippen molar-refractivity contribution in [3.8, 4) is 11.6 Å². The van der Waals surface area contributed by atoms with Crippen molar-refractivity contribution in [1.82, 2.24) is 14.7 Å². The Labute approximate surface area is 222 Å². The van der Waals surface area contributed by atoms with E-state index in [9.17, 15) is 13.2 Å². The number of carbonyl (C=O) groups excluding carboxylic acids is 1. The summed E-state index contributed by atoms with van der Waals surface area (Å²) in [6.45, 7) is 6.08. The Bertz CT molecular complexity index is 1650. The lowest BCUT2D eigenvalue weighted by Gasteiger charge is -2.21. The summed E-state index contributed by atoms with van der Waals surface area (Å²) in [5, 5.41) is 0.444. The summed E-state index contributed by atoms with van der Waals surface area (Å²) in [4.78, 5) is 23.1. The molecule has 1 aliphatic carbocycles. The molecule has 5 rings (SSSR count). The van der Waals surface area contributed by atoms with E-state index < -0.39 is 21.3 Å². The second kappa shape index (κ2) is 9.72. The minimum Gasteiger partial charge on any atom is -0.496 e. The molecule has 0 spiro atoms. The van der Waals surface area contributed by atoms with Gasteiger partial charge < -0.3 is 9.47 Å². The number of sulfonamides is 1. The number of aryl methyl sites for hydroxylation is 2. The topological polar surface area (TPSA) is 107 Å². The third-order valence-corrected chi connectivity index (χ3v) is 8.33. The molecule has 1 amide bonds. The minimum atomic E-state index is -4.23. The van der Waals surface area contributed by atoms with E-state index in [0.717, 1.165) is 11.3 Å². The van der Waals surface area contributed by atoms with Gasteiger partial charge in [0.1, 0.15) is 5.75 Å². The number of methoxy groups -OCH3 is 1. The molecule has 38 heavy (non-hydrogen) atoms. The lowest BCUT2D eigenvalue weighted by molar-refractivity contribution is -0.122. The van der Waals surface area contributed by atoms with Crippen molar-refractivity contribution in [3.05, 3.63) is 89.2 Å². The Hall–Kier alpha value is -3.98. The van der Waals surface area contributed by atoms with Gasteiger partial charge in [-0.15, -0.1) is 0 Å². The van der Waals surface area contributed by atoms with Crippen molar-refractivity contribution in [2.45, 2.75) is 43.4 Å². The first kappa shape index (κ1) is 25.7. The highest BCUT2D eigenvalue weighted by Crippen LogP contribution is 2.62. The van der Waals surface area contributed by atoms with Gasteiger partial charge in [-0.1, -0.05) is 29.8 Å². The predicted molar refractivity (Wildman–Crippen MR) is 144 cm³/mol. The Morgan fingerprint density at radius 3 is 2.61 bits per heavy atom. The SMILES string of the molecule is CCOc1cccc([C@H]2C[C@@]2(C(=O)NS(=O)(=O)c2cccc3nc(C)ccc23)c2cc(C)ccc2OC)n1. The van der Waals surface area contributed by atoms with E-state index >= 15 is 0 Å². The summed E-state index contributed by atoms with van der Waals surface area (Å²) in [7, 11) is -2.69. The maximum Gasteiger partial charge on any atom is 0.264 e. The number of carbonyl (C=O) groups is 1. The third-order valence-electron chi connectivity index (χ3n) is 6.94. The average molecular weight is 532 g/mol. The second-order valence-corrected chi connectivity index (χ2v) is 11.1. The Morgan fingerprint density at radius 1 is 1.05 bits per heavy atom. The number of benzene rings is 2. The average Bonchev–Trinajstić information content (AvgIpc) is 3.65. The zero-order chi connectivity index (χ0) is 27.1. The largest absolute Gasteiger partial charge is 0.496 e. The number of amides is 1. The number of ether oxygens (including phenoxy) is 2. The first-order valence-corrected chi connectivity index (χ1v) is 13.9. The fraction of sp³-hybridized carbons (Fsp3) is 0.276. The normalized spacial score (nSPS) is 18.7. The highest BCUT2D eigenvalue weighted by Gasteiger charge is 2.64. The Balaban J connectivity index is 1.59. The number of rotatable bonds is 8. The lowest BCUT2D eigenvalue weighted by atomic mass is 9.89. The van der Waals surface area contributed by atoms with Crippen molar-refractivity contribution in [2.24, 2.45) is 0 Å². The molecule has 0 bridgehead atoms. The van der Waals surface area contributed by atoms with Gasteiger partial charge in [-0.2, -0.15) is 0 Å². The van der Waals surface area contributed by atoms with E-state index in [1.165, 1.54) is 13.2 Å². The Morgan fingerprint density at radius 2 is 1.84 bits per heavy atom. The van der Waals surface area contributed by atoms with Crippen molar-refractivity contribution >= 4 is 26.8 Å². The molecule has 0 unspecified atom stereocenters. The first-order chi connectivity index (χ1) is 18.2. The number of pyridine rings is 2. The fourth-order valence-corrected chi connectivity index (χ4v) is 6.30. The van der Waals surface area contributed by atoms with Crippen LogP contribution < -0.4 is 14.2 Å². The van der Waals surface area contributed by atoms with Crippen LogP contribution in [0.2, 0.25) is 0 Å². The fourth-order valence-electron chi connectivity index (χ4n) is 5.05. The molecule has 2 heterocycles. The van der Waals surface area contributed by atoms with E-state index in [4.69, 9.17) is 9.47 Å². The van der Waals surface area contributed by atoms with Crippen LogP contribution in [0.4, 0.5) is 0 Å². The molecule has 0 aliphatic heterocycles. The van der Waals surface area contributed by atoms with E-state index in [0.29, 0.717) is 46.8 Å². The van der Waals surface area contributed by atoms with Gasteiger partial charge in [-0.05, 0) is 63.6 Å². The quantitative estimate of drug-likeness (QED) is 0.354. The summed E-state index contributed by atoms with van der Waals surface area (Å²) in [5.74, 6) is -0.0391. The maximum absolute atomic E-state index is 14.1. The van der Waals surface area contributed by atoms with E-state index in [-0.39, 0.29) is 10.8 Å². The Kier molecular flexibility index (Phi) is 6.56. The van der Waals surface area contributed by atoms with Crippen LogP contribution >= 0.6 is 0 Å². The molecule has 1 saturated carbocycles. The molecule has 2 atom stereocenters. The maximum atomic E-state index is 14.1. The summed E-state index contributed by atoms with van der Waals surface area (Å²) >= 11 is 0. The minimum absolute atomic E-state index is 0.00382. The van der Waals surface area contributed by atoms with Crippen molar-refractivity contribution in [2.75, 3.05) is 13.7 Å². The van der Waals surface area contributed by atoms with Gasteiger partial charge in [-0.3, -0.25) is 9.78 Å². The van der Waals surface area contributed by atoms with Crippen LogP contribution in [0.15, 0.2) is 71.6 Å². The molecule has 0 radical (unpaired) electrons. The number of fused-ring (bicyclic) bond motifs is 1. The van der Waals surface area contributed by atoms with Crippen LogP contribution in [0.3, 0.4) is 0 Å². The van der Waals surface area contributed by atoms with Gasteiger partial charge in [0, 0.05) is 34.3 Å². The molecule has 196 valence electrons. The summed E-state index contributed by atoms with van der Waals surface area (Å²) in [6, 6.07) is 19.3. The van der Waals surface area contributed by atoms with Crippen LogP contribution in [0, 0.1) is 13.8 Å². The smallest absolute Gasteiger partial charge is 0.264 e. The molecule has 0 saturated heterocycles. The molecule has 1 N–H and O–H groups in total. The standard InChI is InChI=1S/C29H29N3O5S/c1-5-37-27-11-7-9-24(31-27)22-17-29(22,21-16-18(2)12-15-25(21)36-4)28(33)32-38(34,35)26-10-6-8-23-20(26)14-13-19(3)30-23/h6-16,22H,5,17H2,1-4H3,(H,32,33)/t22-,29-/m1/s1. The summed E-state index contributed by atoms with van der Waals surface area (Å²) in [5.41, 5.74) is 2.31. The highest BCUT2D eigenvalue weighted by molar-refractivity contribution is 7.90. The zero-order valence-electron chi connectivity index (χ0n) is 21.7. The molecule has 2 aromatic heterocycles. The van der Waals surface area contributed by atoms with Gasteiger partial charge in [-0.25, -0.2) is 18.1 Å². The third kappa shape index (κ3) is 4.47. The molecule has 8 nitrogen and oxygen atoms in total. The van der Waals surface area contributed by atoms with Gasteiger partial charge in [0.15, 0.2) is 0 Å². The molecular formula is C29H29N3O5S. The number of nitrogens with zero attached hydrogens (tertiary/aromatic N) is 2. The highest BCUT2D eigenvalue weighted by atomic mass is 32.2. The van der Waals surface area contributed by atoms with Crippen LogP contribution in [0.25, 0.3) is 10.9 Å². The van der Waals surface area contributed by atoms with Crippen LogP contribution in [-0.4, -0.2) is 38.0 Å². The predicted octanol–water partition coefficient (Wildman–Crippen LogP) is 4.58. The van der Waals surface area contributed by atoms with Gasteiger partial charge in [0.25, 0.3) is 10.0 Å². The number of hydrogen-bond donors (Lipinski definition) is 1. The van der Waals surface area contributed by atoms with Crippen LogP contribution in [0.5, 0.6) is 11.6 Å². The van der Waals surface area contributed by atoms with Crippen LogP contribution in [-0.2, 0) is 20.2 Å². The van der Waals surface area contributed by atoms with Gasteiger partial charge in [0.2, 0.25) is 11.8 Å². The monoisotopic (exact) mass is 531 g/mol. The molecule has 1 aliphatic rings. The van der Waals surface area contributed by atoms with E-state index in [2.05, 4.69) is 14.7 Å². The lowest BCUT2D eigenvalue weighted by Crippen LogP contribution is -2.40. The van der Waals surface area contributed by atoms with Crippen molar-refractivity contribution in [3.63, 3.8) is 0 Å². The first-order valence-electron chi connectivity index (χ1n) is 12.4. The molecule has 1 fully saturated rings. The molecule has 4 aromatic rings. The van der Waals surface area contributed by atoms with Gasteiger partial charge in [0.05, 0.1) is 29.5 Å². The van der Waals surface area contributed by atoms with Crippen LogP contribution in [0.1, 0.15) is 41.8 Å². The number of nitrogens with one attached hydrogen (secondary N) is 1. The molecule has 9 heteroatoms. The molecular weight excluding hydrogens is 502 g/mol. The van der Waals surface area contributed by atoms with Crippen molar-refractivity contribution < 1.29 is 22.7 Å². The number of aromatic nitrogens is 2. The van der Waals surface area contributed by atoms with Crippen molar-refractivity contribution in [1.29, 1.82) is 0 Å². The summed E-state index contributed by atoms with van der Waals surface area (Å²) in [6.07, 6.45) is 0.368. The van der Waals surface area contributed by atoms with E-state index in [1.807, 2.05) is 45.0 Å².